The maximum Gasteiger partial charge on any atom is 0.330 e. The molecule has 0 aromatic rings. The fraction of sp³-hybridized carbons (Fsp3) is 0.800. The highest BCUT2D eigenvalue weighted by Gasteiger charge is 2.54. The third-order valence-electron chi connectivity index (χ3n) is 5.02. The van der Waals surface area contributed by atoms with Gasteiger partial charge in [-0.1, -0.05) is 19.3 Å². The Labute approximate surface area is 125 Å². The molecule has 0 aromatic heterocycles. The molecule has 6 nitrogen and oxygen atoms in total. The average Bonchev–Trinajstić information content (AvgIpc) is 2.43. The summed E-state index contributed by atoms with van der Waals surface area (Å²) in [4.78, 5) is 40.4. The van der Waals surface area contributed by atoms with E-state index in [4.69, 9.17) is 0 Å². The molecule has 1 aliphatic carbocycles. The van der Waals surface area contributed by atoms with Gasteiger partial charge in [0.15, 0.2) is 0 Å². The topological polar surface area (TPSA) is 69.7 Å². The minimum absolute atomic E-state index is 0.277. The van der Waals surface area contributed by atoms with Crippen LogP contribution in [0.3, 0.4) is 0 Å². The van der Waals surface area contributed by atoms with Gasteiger partial charge in [-0.3, -0.25) is 19.8 Å². The molecule has 21 heavy (non-hydrogen) atoms. The zero-order valence-electron chi connectivity index (χ0n) is 13.4. The Bertz CT molecular complexity index is 465. The van der Waals surface area contributed by atoms with Crippen molar-refractivity contribution in [3.8, 4) is 0 Å². The van der Waals surface area contributed by atoms with Crippen LogP contribution >= 0.6 is 0 Å². The third-order valence-corrected chi connectivity index (χ3v) is 5.02. The highest BCUT2D eigenvalue weighted by molar-refractivity contribution is 6.19. The van der Waals surface area contributed by atoms with Crippen LogP contribution in [-0.4, -0.2) is 53.8 Å². The van der Waals surface area contributed by atoms with E-state index < -0.39 is 17.4 Å². The van der Waals surface area contributed by atoms with Crippen molar-refractivity contribution < 1.29 is 14.4 Å². The minimum atomic E-state index is -1.02. The molecule has 1 spiro atoms. The van der Waals surface area contributed by atoms with Crippen LogP contribution in [0.2, 0.25) is 0 Å². The van der Waals surface area contributed by atoms with Crippen LogP contribution in [0.5, 0.6) is 0 Å². The zero-order chi connectivity index (χ0) is 15.8. The molecular formula is C15H25N3O3. The first-order valence-electron chi connectivity index (χ1n) is 7.55. The van der Waals surface area contributed by atoms with E-state index in [1.54, 1.807) is 0 Å². The van der Waals surface area contributed by atoms with Gasteiger partial charge in [-0.25, -0.2) is 4.79 Å². The third kappa shape index (κ3) is 2.69. The second kappa shape index (κ2) is 5.40. The number of imide groups is 2. The van der Waals surface area contributed by atoms with Crippen LogP contribution in [-0.2, 0) is 9.59 Å². The predicted octanol–water partition coefficient (Wildman–Crippen LogP) is 1.36. The van der Waals surface area contributed by atoms with E-state index in [-0.39, 0.29) is 18.0 Å². The molecule has 2 fully saturated rings. The van der Waals surface area contributed by atoms with E-state index in [1.807, 2.05) is 32.8 Å². The van der Waals surface area contributed by atoms with Crippen LogP contribution in [0.25, 0.3) is 0 Å². The van der Waals surface area contributed by atoms with Gasteiger partial charge in [0, 0.05) is 12.1 Å². The number of rotatable bonds is 3. The van der Waals surface area contributed by atoms with Gasteiger partial charge in [-0.05, 0) is 40.8 Å². The van der Waals surface area contributed by atoms with Crippen LogP contribution in [0.1, 0.15) is 46.0 Å². The Morgan fingerprint density at radius 2 is 1.71 bits per heavy atom. The molecule has 2 rings (SSSR count). The Hall–Kier alpha value is -1.43. The second-order valence-electron chi connectivity index (χ2n) is 7.00. The highest BCUT2D eigenvalue weighted by atomic mass is 16.2. The van der Waals surface area contributed by atoms with Crippen molar-refractivity contribution in [3.63, 3.8) is 0 Å². The molecule has 1 saturated carbocycles. The largest absolute Gasteiger partial charge is 0.330 e. The van der Waals surface area contributed by atoms with E-state index in [0.717, 1.165) is 19.3 Å². The monoisotopic (exact) mass is 295 g/mol. The summed E-state index contributed by atoms with van der Waals surface area (Å²) in [5, 5.41) is 2.39. The van der Waals surface area contributed by atoms with Crippen LogP contribution in [0.4, 0.5) is 4.79 Å². The predicted molar refractivity (Wildman–Crippen MR) is 78.5 cm³/mol. The number of urea groups is 1. The number of hydrogen-bond donors (Lipinski definition) is 1. The van der Waals surface area contributed by atoms with Gasteiger partial charge in [0.1, 0.15) is 5.41 Å². The summed E-state index contributed by atoms with van der Waals surface area (Å²) < 4.78 is 0. The number of nitrogens with zero attached hydrogens (tertiary/aromatic N) is 2. The van der Waals surface area contributed by atoms with Crippen molar-refractivity contribution in [3.05, 3.63) is 0 Å². The first kappa shape index (κ1) is 15.9. The summed E-state index contributed by atoms with van der Waals surface area (Å²) in [6, 6.07) is -0.587. The first-order chi connectivity index (χ1) is 9.70. The van der Waals surface area contributed by atoms with Gasteiger partial charge >= 0.3 is 6.03 Å². The second-order valence-corrected chi connectivity index (χ2v) is 7.00. The fourth-order valence-corrected chi connectivity index (χ4v) is 3.00. The van der Waals surface area contributed by atoms with Crippen molar-refractivity contribution in [2.75, 3.05) is 20.6 Å². The van der Waals surface area contributed by atoms with Crippen molar-refractivity contribution in [1.82, 2.24) is 15.1 Å². The normalized spacial score (nSPS) is 22.9. The molecule has 1 N–H and O–H groups in total. The molecule has 0 radical (unpaired) electrons. The summed E-state index contributed by atoms with van der Waals surface area (Å²) in [6.07, 6.45) is 3.85. The van der Waals surface area contributed by atoms with Gasteiger partial charge < -0.3 is 4.90 Å². The molecule has 6 heteroatoms. The average molecular weight is 295 g/mol. The Morgan fingerprint density at radius 1 is 1.14 bits per heavy atom. The van der Waals surface area contributed by atoms with Gasteiger partial charge in [-0.2, -0.15) is 0 Å². The molecule has 2 aliphatic rings. The Morgan fingerprint density at radius 3 is 2.24 bits per heavy atom. The molecule has 1 heterocycles. The first-order valence-corrected chi connectivity index (χ1v) is 7.55. The number of carbonyl (C=O) groups is 3. The standard InChI is InChI=1S/C15H25N3O3/c1-14(2,17(3)4)10-18-12(20)15(8-6-5-7-9-15)11(19)16-13(18)21/h5-10H2,1-4H3,(H,16,19,21). The van der Waals surface area contributed by atoms with E-state index in [9.17, 15) is 14.4 Å². The van der Waals surface area contributed by atoms with Crippen LogP contribution in [0, 0.1) is 5.41 Å². The Kier molecular flexibility index (Phi) is 4.10. The lowest BCUT2D eigenvalue weighted by Crippen LogP contribution is -2.67. The van der Waals surface area contributed by atoms with Crippen molar-refractivity contribution >= 4 is 17.8 Å². The van der Waals surface area contributed by atoms with Crippen molar-refractivity contribution in [2.24, 2.45) is 5.41 Å². The summed E-state index contributed by atoms with van der Waals surface area (Å²) in [5.41, 5.74) is -1.36. The van der Waals surface area contributed by atoms with E-state index >= 15 is 0 Å². The van der Waals surface area contributed by atoms with Gasteiger partial charge in [0.05, 0.1) is 0 Å². The summed E-state index contributed by atoms with van der Waals surface area (Å²) in [7, 11) is 3.82. The summed E-state index contributed by atoms with van der Waals surface area (Å²) in [6.45, 7) is 4.22. The zero-order valence-corrected chi connectivity index (χ0v) is 13.4. The number of hydrogen-bond acceptors (Lipinski definition) is 4. The fourth-order valence-electron chi connectivity index (χ4n) is 3.00. The maximum absolute atomic E-state index is 12.8. The molecule has 1 aliphatic heterocycles. The van der Waals surface area contributed by atoms with E-state index in [0.29, 0.717) is 12.8 Å². The molecule has 0 aromatic carbocycles. The Balaban J connectivity index is 2.27. The number of amides is 4. The summed E-state index contributed by atoms with van der Waals surface area (Å²) >= 11 is 0. The molecule has 4 amide bonds. The summed E-state index contributed by atoms with van der Waals surface area (Å²) in [5.74, 6) is -0.720. The number of carbonyl (C=O) groups excluding carboxylic acids is 3. The van der Waals surface area contributed by atoms with Crippen molar-refractivity contribution in [1.29, 1.82) is 0 Å². The van der Waals surface area contributed by atoms with Gasteiger partial charge in [0.2, 0.25) is 11.8 Å². The lowest BCUT2D eigenvalue weighted by atomic mass is 9.71. The SMILES string of the molecule is CN(C)C(C)(C)CN1C(=O)NC(=O)C2(CCCCC2)C1=O. The molecule has 0 bridgehead atoms. The van der Waals surface area contributed by atoms with E-state index in [1.165, 1.54) is 4.90 Å². The highest BCUT2D eigenvalue weighted by Crippen LogP contribution is 2.40. The number of likely N-dealkylation sites (N-methyl/N-ethyl adjacent to an activating group) is 1. The lowest BCUT2D eigenvalue weighted by molar-refractivity contribution is -0.154. The maximum atomic E-state index is 12.8. The quantitative estimate of drug-likeness (QED) is 0.798. The van der Waals surface area contributed by atoms with Crippen molar-refractivity contribution in [2.45, 2.75) is 51.5 Å². The smallest absolute Gasteiger partial charge is 0.302 e. The number of nitrogens with one attached hydrogen (secondary N) is 1. The molecule has 118 valence electrons. The van der Waals surface area contributed by atoms with Gasteiger partial charge in [-0.15, -0.1) is 0 Å². The minimum Gasteiger partial charge on any atom is -0.302 e. The molecule has 0 unspecified atom stereocenters. The lowest BCUT2D eigenvalue weighted by Gasteiger charge is -2.44. The van der Waals surface area contributed by atoms with E-state index in [2.05, 4.69) is 5.32 Å². The molecular weight excluding hydrogens is 270 g/mol. The molecule has 1 saturated heterocycles. The number of barbiturate groups is 1. The molecule has 0 atom stereocenters. The van der Waals surface area contributed by atoms with Crippen LogP contribution in [0.15, 0.2) is 0 Å². The van der Waals surface area contributed by atoms with Gasteiger partial charge in [0.25, 0.3) is 0 Å². The van der Waals surface area contributed by atoms with Crippen LogP contribution < -0.4 is 5.32 Å².